The van der Waals surface area contributed by atoms with Gasteiger partial charge in [-0.25, -0.2) is 9.78 Å². The number of hydrogen-bond donors (Lipinski definition) is 6. The summed E-state index contributed by atoms with van der Waals surface area (Å²) in [6.45, 7) is 4.72. The lowest BCUT2D eigenvalue weighted by Crippen LogP contribution is -2.54. The Kier molecular flexibility index (Phi) is 8.44. The zero-order valence-corrected chi connectivity index (χ0v) is 20.6. The molecule has 3 fully saturated rings. The number of nitrogens with zero attached hydrogens (tertiary/aromatic N) is 2. The quantitative estimate of drug-likeness (QED) is 0.177. The van der Waals surface area contributed by atoms with Crippen LogP contribution in [0.2, 0.25) is 0 Å². The van der Waals surface area contributed by atoms with Gasteiger partial charge in [-0.1, -0.05) is 6.08 Å². The Bertz CT molecular complexity index is 1130. The van der Waals surface area contributed by atoms with Crippen molar-refractivity contribution in [3.8, 4) is 11.6 Å². The summed E-state index contributed by atoms with van der Waals surface area (Å²) < 4.78 is 10.6. The lowest BCUT2D eigenvalue weighted by atomic mass is 9.73. The molecule has 11 nitrogen and oxygen atoms in total. The van der Waals surface area contributed by atoms with Crippen LogP contribution >= 0.6 is 0 Å². The van der Waals surface area contributed by atoms with Crippen LogP contribution in [0.3, 0.4) is 0 Å². The van der Waals surface area contributed by atoms with Crippen molar-refractivity contribution in [3.05, 3.63) is 42.5 Å². The van der Waals surface area contributed by atoms with Crippen LogP contribution in [-0.2, 0) is 4.79 Å². The molecule has 2 aromatic rings. The zero-order valence-electron chi connectivity index (χ0n) is 20.6. The molecule has 9 atom stereocenters. The molecule has 3 aliphatic heterocycles. The summed E-state index contributed by atoms with van der Waals surface area (Å²) in [5.41, 5.74) is 0.871. The minimum Gasteiger partial charge on any atom is -0.497 e. The van der Waals surface area contributed by atoms with Crippen LogP contribution in [0, 0.1) is 11.8 Å². The number of pyridine rings is 1. The number of esters is 1. The molecule has 1 aromatic carbocycles. The van der Waals surface area contributed by atoms with Crippen LogP contribution in [0.25, 0.3) is 10.9 Å². The van der Waals surface area contributed by atoms with E-state index in [0.717, 1.165) is 25.9 Å². The van der Waals surface area contributed by atoms with Crippen molar-refractivity contribution in [3.63, 3.8) is 0 Å². The zero-order chi connectivity index (χ0) is 26.9. The van der Waals surface area contributed by atoms with E-state index in [1.807, 2.05) is 6.08 Å². The summed E-state index contributed by atoms with van der Waals surface area (Å²) in [5.74, 6) is -0.207. The van der Waals surface area contributed by atoms with Crippen LogP contribution in [0.5, 0.6) is 11.6 Å². The van der Waals surface area contributed by atoms with Gasteiger partial charge in [0.15, 0.2) is 6.10 Å². The summed E-state index contributed by atoms with van der Waals surface area (Å²) in [6.07, 6.45) is -5.27. The fourth-order valence-corrected chi connectivity index (χ4v) is 5.37. The number of methoxy groups -OCH3 is 1. The highest BCUT2D eigenvalue weighted by Crippen LogP contribution is 2.43. The van der Waals surface area contributed by atoms with Gasteiger partial charge >= 0.3 is 5.97 Å². The van der Waals surface area contributed by atoms with Gasteiger partial charge in [0.05, 0.1) is 25.3 Å². The van der Waals surface area contributed by atoms with Crippen LogP contribution in [0.15, 0.2) is 36.9 Å². The first kappa shape index (κ1) is 27.4. The van der Waals surface area contributed by atoms with Gasteiger partial charge in [0.1, 0.15) is 24.1 Å². The molecule has 1 aromatic heterocycles. The molecule has 0 aliphatic carbocycles. The number of aliphatic hydroxyl groups excluding tert-OH is 6. The maximum atomic E-state index is 12.5. The highest BCUT2D eigenvalue weighted by Gasteiger charge is 2.42. The Morgan fingerprint density at radius 1 is 1.22 bits per heavy atom. The molecule has 6 N–H and O–H groups in total. The average Bonchev–Trinajstić information content (AvgIpc) is 2.94. The molecule has 202 valence electrons. The molecule has 3 aliphatic rings. The Labute approximate surface area is 214 Å². The van der Waals surface area contributed by atoms with E-state index in [0.29, 0.717) is 34.1 Å². The first-order valence-electron chi connectivity index (χ1n) is 12.3. The van der Waals surface area contributed by atoms with E-state index < -0.39 is 43.1 Å². The minimum atomic E-state index is -2.23. The SMILES string of the molecule is C=C[C@H]1CN2CC[C@H]1C[C@@H]2[C@@H](O)c1cc(OC(=O)C(O)C(O)C(O)C(O)CO)nc2ccc(OC)cc12. The maximum Gasteiger partial charge on any atom is 0.344 e. The molecule has 0 radical (unpaired) electrons. The van der Waals surface area contributed by atoms with Crippen molar-refractivity contribution in [1.82, 2.24) is 9.88 Å². The number of ether oxygens (including phenoxy) is 2. The second kappa shape index (κ2) is 11.4. The van der Waals surface area contributed by atoms with Gasteiger partial charge in [0, 0.05) is 24.0 Å². The minimum absolute atomic E-state index is 0.169. The van der Waals surface area contributed by atoms with Gasteiger partial charge in [-0.05, 0) is 55.0 Å². The van der Waals surface area contributed by atoms with Gasteiger partial charge < -0.3 is 40.1 Å². The van der Waals surface area contributed by atoms with E-state index >= 15 is 0 Å². The van der Waals surface area contributed by atoms with Crippen LogP contribution in [0.1, 0.15) is 24.5 Å². The van der Waals surface area contributed by atoms with Crippen molar-refractivity contribution in [1.29, 1.82) is 0 Å². The molecule has 3 saturated heterocycles. The van der Waals surface area contributed by atoms with Crippen LogP contribution < -0.4 is 9.47 Å². The van der Waals surface area contributed by atoms with Crippen molar-refractivity contribution in [2.45, 2.75) is 49.4 Å². The smallest absolute Gasteiger partial charge is 0.344 e. The van der Waals surface area contributed by atoms with Crippen molar-refractivity contribution in [2.75, 3.05) is 26.8 Å². The van der Waals surface area contributed by atoms with Crippen molar-refractivity contribution >= 4 is 16.9 Å². The molecule has 37 heavy (non-hydrogen) atoms. The molecule has 5 unspecified atom stereocenters. The summed E-state index contributed by atoms with van der Waals surface area (Å²) in [4.78, 5) is 19.1. The molecule has 4 heterocycles. The van der Waals surface area contributed by atoms with Crippen LogP contribution in [-0.4, -0.2) is 104 Å². The predicted molar refractivity (Wildman–Crippen MR) is 132 cm³/mol. The second-order valence-electron chi connectivity index (χ2n) is 9.72. The lowest BCUT2D eigenvalue weighted by molar-refractivity contribution is -0.161. The number of piperidine rings is 3. The number of carbonyl (C=O) groups excluding carboxylic acids is 1. The molecular weight excluding hydrogens is 484 g/mol. The Morgan fingerprint density at radius 2 is 1.97 bits per heavy atom. The van der Waals surface area contributed by atoms with Gasteiger partial charge in [-0.3, -0.25) is 4.90 Å². The van der Waals surface area contributed by atoms with E-state index in [-0.39, 0.29) is 11.9 Å². The van der Waals surface area contributed by atoms with Gasteiger partial charge in [-0.15, -0.1) is 6.58 Å². The largest absolute Gasteiger partial charge is 0.497 e. The molecule has 0 spiro atoms. The van der Waals surface area contributed by atoms with Crippen molar-refractivity contribution < 1.29 is 44.9 Å². The first-order valence-corrected chi connectivity index (χ1v) is 12.3. The fourth-order valence-electron chi connectivity index (χ4n) is 5.37. The molecule has 5 rings (SSSR count). The maximum absolute atomic E-state index is 12.5. The summed E-state index contributed by atoms with van der Waals surface area (Å²) in [6, 6.07) is 6.30. The highest BCUT2D eigenvalue weighted by molar-refractivity contribution is 5.86. The monoisotopic (exact) mass is 518 g/mol. The van der Waals surface area contributed by atoms with E-state index in [1.165, 1.54) is 13.2 Å². The molecule has 0 saturated carbocycles. The number of carbonyl (C=O) groups is 1. The van der Waals surface area contributed by atoms with E-state index in [4.69, 9.17) is 14.6 Å². The summed E-state index contributed by atoms with van der Waals surface area (Å²) in [5, 5.41) is 60.6. The topological polar surface area (TPSA) is 173 Å². The van der Waals surface area contributed by atoms with Gasteiger partial charge in [0.2, 0.25) is 5.88 Å². The average molecular weight is 519 g/mol. The van der Waals surface area contributed by atoms with Gasteiger partial charge in [0.25, 0.3) is 0 Å². The molecule has 0 amide bonds. The number of hydrogen-bond acceptors (Lipinski definition) is 11. The predicted octanol–water partition coefficient (Wildman–Crippen LogP) is -0.485. The van der Waals surface area contributed by atoms with Crippen molar-refractivity contribution in [2.24, 2.45) is 11.8 Å². The standard InChI is InChI=1S/C26H34N2O9/c1-3-13-11-28-7-6-14(13)8-19(28)22(31)17-10-21(27-18-5-4-15(36-2)9-16(17)18)37-26(35)25(34)24(33)23(32)20(30)12-29/h3-5,9-10,13-14,19-20,22-25,29-34H,1,6-8,11-12H2,2H3/t13-,14-,19+,20?,22-,23?,24?,25?/m0/s1. The Hall–Kier alpha value is -2.64. The second-order valence-corrected chi connectivity index (χ2v) is 9.72. The molecule has 2 bridgehead atoms. The summed E-state index contributed by atoms with van der Waals surface area (Å²) >= 11 is 0. The summed E-state index contributed by atoms with van der Waals surface area (Å²) in [7, 11) is 1.52. The Morgan fingerprint density at radius 3 is 2.59 bits per heavy atom. The normalized spacial score (nSPS) is 27.2. The Balaban J connectivity index is 1.64. The van der Waals surface area contributed by atoms with E-state index in [2.05, 4.69) is 16.5 Å². The van der Waals surface area contributed by atoms with Gasteiger partial charge in [-0.2, -0.15) is 0 Å². The third-order valence-corrected chi connectivity index (χ3v) is 7.56. The number of fused-ring (bicyclic) bond motifs is 4. The fraction of sp³-hybridized carbons (Fsp3) is 0.538. The lowest BCUT2D eigenvalue weighted by Gasteiger charge is -2.50. The van der Waals surface area contributed by atoms with Crippen LogP contribution in [0.4, 0.5) is 0 Å². The number of aliphatic hydroxyl groups is 6. The van der Waals surface area contributed by atoms with E-state index in [1.54, 1.807) is 18.2 Å². The molecule has 11 heteroatoms. The highest BCUT2D eigenvalue weighted by atomic mass is 16.6. The third kappa shape index (κ3) is 5.48. The molecular formula is C26H34N2O9. The number of benzene rings is 1. The van der Waals surface area contributed by atoms with E-state index in [9.17, 15) is 30.3 Å². The number of rotatable bonds is 10. The first-order chi connectivity index (χ1) is 17.7. The number of aromatic nitrogens is 1. The third-order valence-electron chi connectivity index (χ3n) is 7.56.